The summed E-state index contributed by atoms with van der Waals surface area (Å²) in [5, 5.41) is 0. The number of halogens is 1. The lowest BCUT2D eigenvalue weighted by atomic mass is 9.94. The summed E-state index contributed by atoms with van der Waals surface area (Å²) < 4.78 is 1.08. The molecule has 1 atom stereocenters. The topological polar surface area (TPSA) is 41.6 Å². The smallest absolute Gasteiger partial charge is 0.196 e. The van der Waals surface area contributed by atoms with Gasteiger partial charge in [-0.05, 0) is 46.7 Å². The number of nitrogens with two attached hydrogens (primary N) is 1. The Labute approximate surface area is 120 Å². The van der Waals surface area contributed by atoms with Crippen LogP contribution in [0.15, 0.2) is 33.7 Å². The van der Waals surface area contributed by atoms with E-state index in [0.717, 1.165) is 22.5 Å². The number of aliphatic imine (C=N–C) groups is 1. The van der Waals surface area contributed by atoms with Crippen LogP contribution in [0.4, 0.5) is 5.69 Å². The molecule has 5 heteroatoms. The first kappa shape index (κ1) is 12.4. The summed E-state index contributed by atoms with van der Waals surface area (Å²) in [5.41, 5.74) is 7.36. The Balaban J connectivity index is 2.01. The van der Waals surface area contributed by atoms with E-state index in [2.05, 4.69) is 44.0 Å². The van der Waals surface area contributed by atoms with Crippen LogP contribution in [-0.2, 0) is 0 Å². The predicted molar refractivity (Wildman–Crippen MR) is 82.4 cm³/mol. The highest BCUT2D eigenvalue weighted by Crippen LogP contribution is 2.40. The van der Waals surface area contributed by atoms with Crippen molar-refractivity contribution in [3.8, 4) is 0 Å². The molecule has 1 fully saturated rings. The average molecular weight is 326 g/mol. The molecule has 2 aliphatic rings. The molecule has 1 spiro atoms. The van der Waals surface area contributed by atoms with Gasteiger partial charge in [-0.25, -0.2) is 0 Å². The highest BCUT2D eigenvalue weighted by Gasteiger charge is 2.44. The van der Waals surface area contributed by atoms with Gasteiger partial charge in [0.1, 0.15) is 0 Å². The number of thioether (sulfide) groups is 1. The van der Waals surface area contributed by atoms with Gasteiger partial charge in [0.05, 0.1) is 17.8 Å². The minimum atomic E-state index is 0.0941. The van der Waals surface area contributed by atoms with E-state index in [1.54, 1.807) is 0 Å². The number of guanidine groups is 1. The zero-order valence-corrected chi connectivity index (χ0v) is 12.5. The number of hydrogen-bond donors (Lipinski definition) is 1. The molecule has 18 heavy (non-hydrogen) atoms. The molecule has 0 aliphatic carbocycles. The zero-order chi connectivity index (χ0) is 12.6. The summed E-state index contributed by atoms with van der Waals surface area (Å²) in [7, 11) is 0. The molecule has 1 aromatic carbocycles. The highest BCUT2D eigenvalue weighted by atomic mass is 79.9. The number of anilines is 1. The molecule has 0 radical (unpaired) electrons. The van der Waals surface area contributed by atoms with Gasteiger partial charge in [-0.2, -0.15) is 11.8 Å². The standard InChI is InChI=1S/C13H16BrN3S/c14-10-4-1-2-5-11(10)17-12(15)16-8-13(17)6-3-7-18-9-13/h1-2,4-5H,3,6-9H2,(H2,15,16). The van der Waals surface area contributed by atoms with Crippen molar-refractivity contribution in [1.82, 2.24) is 0 Å². The molecule has 96 valence electrons. The van der Waals surface area contributed by atoms with Crippen molar-refractivity contribution >= 4 is 39.3 Å². The van der Waals surface area contributed by atoms with Gasteiger partial charge in [0.2, 0.25) is 0 Å². The Kier molecular flexibility index (Phi) is 3.28. The van der Waals surface area contributed by atoms with E-state index in [-0.39, 0.29) is 5.54 Å². The van der Waals surface area contributed by atoms with Crippen molar-refractivity contribution < 1.29 is 0 Å². The average Bonchev–Trinajstić information content (AvgIpc) is 2.69. The van der Waals surface area contributed by atoms with Crippen LogP contribution in [0.2, 0.25) is 0 Å². The zero-order valence-electron chi connectivity index (χ0n) is 10.1. The molecule has 3 rings (SSSR count). The van der Waals surface area contributed by atoms with E-state index in [0.29, 0.717) is 5.96 Å². The van der Waals surface area contributed by atoms with Crippen molar-refractivity contribution in [2.24, 2.45) is 10.7 Å². The van der Waals surface area contributed by atoms with E-state index in [1.807, 2.05) is 17.8 Å². The third-order valence-electron chi connectivity index (χ3n) is 3.63. The van der Waals surface area contributed by atoms with Gasteiger partial charge < -0.3 is 10.6 Å². The van der Waals surface area contributed by atoms with Crippen molar-refractivity contribution in [3.05, 3.63) is 28.7 Å². The third kappa shape index (κ3) is 1.93. The molecule has 2 heterocycles. The fourth-order valence-corrected chi connectivity index (χ4v) is 4.46. The minimum absolute atomic E-state index is 0.0941. The van der Waals surface area contributed by atoms with Gasteiger partial charge >= 0.3 is 0 Å². The van der Waals surface area contributed by atoms with Crippen LogP contribution in [0.5, 0.6) is 0 Å². The second-order valence-electron chi connectivity index (χ2n) is 4.84. The maximum atomic E-state index is 6.13. The first-order valence-electron chi connectivity index (χ1n) is 6.15. The van der Waals surface area contributed by atoms with Crippen molar-refractivity contribution in [2.75, 3.05) is 23.0 Å². The second-order valence-corrected chi connectivity index (χ2v) is 6.80. The van der Waals surface area contributed by atoms with E-state index in [1.165, 1.54) is 18.6 Å². The monoisotopic (exact) mass is 325 g/mol. The molecular weight excluding hydrogens is 310 g/mol. The van der Waals surface area contributed by atoms with Crippen LogP contribution >= 0.6 is 27.7 Å². The molecule has 0 bridgehead atoms. The van der Waals surface area contributed by atoms with Gasteiger partial charge in [-0.3, -0.25) is 4.99 Å². The third-order valence-corrected chi connectivity index (χ3v) is 5.62. The largest absolute Gasteiger partial charge is 0.369 e. The van der Waals surface area contributed by atoms with E-state index < -0.39 is 0 Å². The molecule has 0 aromatic heterocycles. The Hall–Kier alpha value is -0.680. The predicted octanol–water partition coefficient (Wildman–Crippen LogP) is 2.85. The fourth-order valence-electron chi connectivity index (χ4n) is 2.76. The quantitative estimate of drug-likeness (QED) is 0.863. The molecule has 1 unspecified atom stereocenters. The van der Waals surface area contributed by atoms with Crippen LogP contribution in [0, 0.1) is 0 Å². The minimum Gasteiger partial charge on any atom is -0.369 e. The second kappa shape index (κ2) is 4.78. The SMILES string of the molecule is NC1=NCC2(CCCSC2)N1c1ccccc1Br. The van der Waals surface area contributed by atoms with Crippen LogP contribution in [-0.4, -0.2) is 29.5 Å². The number of hydrogen-bond acceptors (Lipinski definition) is 4. The molecule has 3 nitrogen and oxygen atoms in total. The van der Waals surface area contributed by atoms with Crippen molar-refractivity contribution in [2.45, 2.75) is 18.4 Å². The van der Waals surface area contributed by atoms with Gasteiger partial charge in [0.25, 0.3) is 0 Å². The molecule has 2 N–H and O–H groups in total. The summed E-state index contributed by atoms with van der Waals surface area (Å²) in [4.78, 5) is 6.74. The summed E-state index contributed by atoms with van der Waals surface area (Å²) in [6.45, 7) is 0.827. The first-order chi connectivity index (χ1) is 8.73. The summed E-state index contributed by atoms with van der Waals surface area (Å²) in [6, 6.07) is 8.25. The fraction of sp³-hybridized carbons (Fsp3) is 0.462. The lowest BCUT2D eigenvalue weighted by Crippen LogP contribution is -2.55. The van der Waals surface area contributed by atoms with Gasteiger partial charge in [-0.15, -0.1) is 0 Å². The van der Waals surface area contributed by atoms with Crippen LogP contribution in [0.1, 0.15) is 12.8 Å². The number of rotatable bonds is 1. The maximum Gasteiger partial charge on any atom is 0.196 e. The van der Waals surface area contributed by atoms with Gasteiger partial charge in [-0.1, -0.05) is 12.1 Å². The van der Waals surface area contributed by atoms with Crippen molar-refractivity contribution in [3.63, 3.8) is 0 Å². The Bertz CT molecular complexity index is 483. The summed E-state index contributed by atoms with van der Waals surface area (Å²) >= 11 is 5.64. The van der Waals surface area contributed by atoms with Crippen molar-refractivity contribution in [1.29, 1.82) is 0 Å². The number of benzene rings is 1. The molecule has 1 saturated heterocycles. The Morgan fingerprint density at radius 2 is 2.22 bits per heavy atom. The summed E-state index contributed by atoms with van der Waals surface area (Å²) in [5.74, 6) is 3.02. The maximum absolute atomic E-state index is 6.13. The molecule has 0 amide bonds. The molecule has 1 aromatic rings. The lowest BCUT2D eigenvalue weighted by molar-refractivity contribution is 0.457. The molecule has 0 saturated carbocycles. The summed E-state index contributed by atoms with van der Waals surface area (Å²) in [6.07, 6.45) is 2.42. The van der Waals surface area contributed by atoms with Crippen LogP contribution in [0.25, 0.3) is 0 Å². The Morgan fingerprint density at radius 1 is 1.39 bits per heavy atom. The van der Waals surface area contributed by atoms with E-state index in [9.17, 15) is 0 Å². The van der Waals surface area contributed by atoms with Crippen LogP contribution < -0.4 is 10.6 Å². The molecular formula is C13H16BrN3S. The van der Waals surface area contributed by atoms with Gasteiger partial charge in [0.15, 0.2) is 5.96 Å². The number of para-hydroxylation sites is 1. The van der Waals surface area contributed by atoms with Crippen LogP contribution in [0.3, 0.4) is 0 Å². The normalized spacial score (nSPS) is 27.6. The molecule has 2 aliphatic heterocycles. The highest BCUT2D eigenvalue weighted by molar-refractivity contribution is 9.10. The first-order valence-corrected chi connectivity index (χ1v) is 8.10. The lowest BCUT2D eigenvalue weighted by Gasteiger charge is -2.42. The van der Waals surface area contributed by atoms with Gasteiger partial charge in [0, 0.05) is 10.2 Å². The van der Waals surface area contributed by atoms with E-state index >= 15 is 0 Å². The Morgan fingerprint density at radius 3 is 2.94 bits per heavy atom. The van der Waals surface area contributed by atoms with E-state index in [4.69, 9.17) is 5.73 Å². The number of nitrogens with zero attached hydrogens (tertiary/aromatic N) is 2.